The summed E-state index contributed by atoms with van der Waals surface area (Å²) in [5.74, 6) is -1.27. The van der Waals surface area contributed by atoms with Crippen LogP contribution in [0.5, 0.6) is 0 Å². The lowest BCUT2D eigenvalue weighted by molar-refractivity contribution is 0.0693. The van der Waals surface area contributed by atoms with Crippen molar-refractivity contribution in [1.82, 2.24) is 0 Å². The monoisotopic (exact) mass is 218 g/mol. The second-order valence-electron chi connectivity index (χ2n) is 3.72. The second kappa shape index (κ2) is 3.48. The first-order valence-corrected chi connectivity index (χ1v) is 4.77. The van der Waals surface area contributed by atoms with Crippen LogP contribution in [0.2, 0.25) is 0 Å². The number of rotatable bonds is 1. The Hall–Kier alpha value is -2.10. The topological polar surface area (TPSA) is 67.5 Å². The van der Waals surface area contributed by atoms with Crippen molar-refractivity contribution in [2.45, 2.75) is 13.8 Å². The standard InChI is InChI=1S/C12H10O4/c1-6-3-8-10(4-7(6)2)16-5-9(11(8)13)12(14)15/h3-5H,1-2H3,(H,14,15). The van der Waals surface area contributed by atoms with E-state index < -0.39 is 11.4 Å². The third-order valence-corrected chi connectivity index (χ3v) is 2.62. The molecule has 0 bridgehead atoms. The maximum Gasteiger partial charge on any atom is 0.342 e. The minimum Gasteiger partial charge on any atom is -0.477 e. The number of carboxylic acids is 1. The highest BCUT2D eigenvalue weighted by atomic mass is 16.4. The predicted molar refractivity (Wildman–Crippen MR) is 58.9 cm³/mol. The highest BCUT2D eigenvalue weighted by molar-refractivity contribution is 5.91. The van der Waals surface area contributed by atoms with E-state index in [-0.39, 0.29) is 5.56 Å². The normalized spacial score (nSPS) is 10.6. The van der Waals surface area contributed by atoms with Crippen LogP contribution in [0, 0.1) is 13.8 Å². The molecule has 1 N–H and O–H groups in total. The van der Waals surface area contributed by atoms with Crippen LogP contribution in [-0.2, 0) is 0 Å². The maximum absolute atomic E-state index is 11.8. The summed E-state index contributed by atoms with van der Waals surface area (Å²) < 4.78 is 5.14. The molecule has 16 heavy (non-hydrogen) atoms. The molecule has 0 amide bonds. The van der Waals surface area contributed by atoms with E-state index in [1.807, 2.05) is 13.8 Å². The van der Waals surface area contributed by atoms with Crippen molar-refractivity contribution in [3.8, 4) is 0 Å². The van der Waals surface area contributed by atoms with Crippen molar-refractivity contribution in [3.63, 3.8) is 0 Å². The molecule has 0 radical (unpaired) electrons. The van der Waals surface area contributed by atoms with Crippen LogP contribution in [0.25, 0.3) is 11.0 Å². The van der Waals surface area contributed by atoms with Gasteiger partial charge in [-0.3, -0.25) is 4.79 Å². The van der Waals surface area contributed by atoms with Crippen molar-refractivity contribution < 1.29 is 14.3 Å². The van der Waals surface area contributed by atoms with E-state index >= 15 is 0 Å². The van der Waals surface area contributed by atoms with E-state index in [0.717, 1.165) is 17.4 Å². The van der Waals surface area contributed by atoms with Gasteiger partial charge in [0.05, 0.1) is 5.39 Å². The van der Waals surface area contributed by atoms with Crippen LogP contribution >= 0.6 is 0 Å². The number of hydrogen-bond acceptors (Lipinski definition) is 3. The number of aryl methyl sites for hydroxylation is 2. The predicted octanol–water partition coefficient (Wildman–Crippen LogP) is 2.11. The van der Waals surface area contributed by atoms with Crippen LogP contribution in [0.1, 0.15) is 21.5 Å². The fraction of sp³-hybridized carbons (Fsp3) is 0.167. The summed E-state index contributed by atoms with van der Waals surface area (Å²) in [5, 5.41) is 9.10. The summed E-state index contributed by atoms with van der Waals surface area (Å²) in [6.07, 6.45) is 0.988. The Morgan fingerprint density at radius 1 is 1.25 bits per heavy atom. The van der Waals surface area contributed by atoms with Gasteiger partial charge in [-0.05, 0) is 37.1 Å². The molecule has 0 spiro atoms. The summed E-state index contributed by atoms with van der Waals surface area (Å²) in [7, 11) is 0. The van der Waals surface area contributed by atoms with E-state index in [2.05, 4.69) is 0 Å². The van der Waals surface area contributed by atoms with Crippen LogP contribution < -0.4 is 5.43 Å². The molecule has 0 fully saturated rings. The molecule has 0 atom stereocenters. The van der Waals surface area contributed by atoms with E-state index in [0.29, 0.717) is 11.0 Å². The largest absolute Gasteiger partial charge is 0.477 e. The molecule has 0 saturated carbocycles. The van der Waals surface area contributed by atoms with Crippen LogP contribution in [0.3, 0.4) is 0 Å². The zero-order valence-corrected chi connectivity index (χ0v) is 8.90. The Bertz CT molecular complexity index is 637. The Kier molecular flexibility index (Phi) is 2.27. The van der Waals surface area contributed by atoms with Gasteiger partial charge < -0.3 is 9.52 Å². The number of carbonyl (C=O) groups is 1. The third-order valence-electron chi connectivity index (χ3n) is 2.62. The maximum atomic E-state index is 11.8. The SMILES string of the molecule is Cc1cc2occ(C(=O)O)c(=O)c2cc1C. The quantitative estimate of drug-likeness (QED) is 0.795. The van der Waals surface area contributed by atoms with E-state index in [1.54, 1.807) is 12.1 Å². The molecule has 0 aliphatic heterocycles. The smallest absolute Gasteiger partial charge is 0.342 e. The van der Waals surface area contributed by atoms with E-state index in [9.17, 15) is 9.59 Å². The lowest BCUT2D eigenvalue weighted by Gasteiger charge is -2.03. The molecular weight excluding hydrogens is 208 g/mol. The number of benzene rings is 1. The zero-order valence-electron chi connectivity index (χ0n) is 8.90. The Labute approximate surface area is 91.1 Å². The average molecular weight is 218 g/mol. The molecule has 2 aromatic rings. The molecule has 1 heterocycles. The number of hydrogen-bond donors (Lipinski definition) is 1. The van der Waals surface area contributed by atoms with Crippen LogP contribution in [-0.4, -0.2) is 11.1 Å². The van der Waals surface area contributed by atoms with Crippen molar-refractivity contribution in [2.24, 2.45) is 0 Å². The van der Waals surface area contributed by atoms with Crippen molar-refractivity contribution >= 4 is 16.9 Å². The lowest BCUT2D eigenvalue weighted by Crippen LogP contribution is -2.14. The average Bonchev–Trinajstić information content (AvgIpc) is 2.21. The molecule has 0 saturated heterocycles. The molecule has 82 valence electrons. The van der Waals surface area contributed by atoms with Crippen molar-refractivity contribution in [1.29, 1.82) is 0 Å². The Morgan fingerprint density at radius 2 is 1.88 bits per heavy atom. The minimum atomic E-state index is -1.27. The summed E-state index contributed by atoms with van der Waals surface area (Å²) in [4.78, 5) is 22.5. The van der Waals surface area contributed by atoms with Gasteiger partial charge in [-0.15, -0.1) is 0 Å². The zero-order chi connectivity index (χ0) is 11.9. The molecule has 2 rings (SSSR count). The third kappa shape index (κ3) is 1.48. The molecule has 0 unspecified atom stereocenters. The first-order chi connectivity index (χ1) is 7.50. The summed E-state index contributed by atoms with van der Waals surface area (Å²) in [6, 6.07) is 3.39. The first kappa shape index (κ1) is 10.4. The van der Waals surface area contributed by atoms with Gasteiger partial charge in [0.2, 0.25) is 5.43 Å². The molecular formula is C12H10O4. The van der Waals surface area contributed by atoms with Gasteiger partial charge in [0, 0.05) is 0 Å². The molecule has 0 aliphatic carbocycles. The molecule has 0 aliphatic rings. The fourth-order valence-corrected chi connectivity index (χ4v) is 1.53. The van der Waals surface area contributed by atoms with E-state index in [4.69, 9.17) is 9.52 Å². The van der Waals surface area contributed by atoms with Crippen molar-refractivity contribution in [2.75, 3.05) is 0 Å². The fourth-order valence-electron chi connectivity index (χ4n) is 1.53. The second-order valence-corrected chi connectivity index (χ2v) is 3.72. The molecule has 1 aromatic carbocycles. The minimum absolute atomic E-state index is 0.308. The van der Waals surface area contributed by atoms with Crippen LogP contribution in [0.4, 0.5) is 0 Å². The summed E-state index contributed by atoms with van der Waals surface area (Å²) in [6.45, 7) is 3.77. The van der Waals surface area contributed by atoms with Gasteiger partial charge in [0.25, 0.3) is 0 Å². The van der Waals surface area contributed by atoms with Crippen LogP contribution in [0.15, 0.2) is 27.6 Å². The lowest BCUT2D eigenvalue weighted by atomic mass is 10.1. The number of aromatic carboxylic acids is 1. The van der Waals surface area contributed by atoms with Gasteiger partial charge in [-0.2, -0.15) is 0 Å². The Balaban J connectivity index is 2.90. The number of carboxylic acid groups (broad SMARTS) is 1. The van der Waals surface area contributed by atoms with E-state index in [1.165, 1.54) is 0 Å². The number of fused-ring (bicyclic) bond motifs is 1. The van der Waals surface area contributed by atoms with Gasteiger partial charge in [0.1, 0.15) is 17.4 Å². The Morgan fingerprint density at radius 3 is 2.50 bits per heavy atom. The first-order valence-electron chi connectivity index (χ1n) is 4.77. The van der Waals surface area contributed by atoms with Gasteiger partial charge >= 0.3 is 5.97 Å². The molecule has 4 nitrogen and oxygen atoms in total. The molecule has 1 aromatic heterocycles. The van der Waals surface area contributed by atoms with Gasteiger partial charge in [-0.25, -0.2) is 4.79 Å². The summed E-state index contributed by atoms with van der Waals surface area (Å²) in [5.41, 5.74) is 1.51. The van der Waals surface area contributed by atoms with Gasteiger partial charge in [0.15, 0.2) is 0 Å². The highest BCUT2D eigenvalue weighted by Crippen LogP contribution is 2.17. The van der Waals surface area contributed by atoms with Gasteiger partial charge in [-0.1, -0.05) is 0 Å². The summed E-state index contributed by atoms with van der Waals surface area (Å²) >= 11 is 0. The van der Waals surface area contributed by atoms with Crippen molar-refractivity contribution in [3.05, 3.63) is 45.3 Å². The highest BCUT2D eigenvalue weighted by Gasteiger charge is 2.13. The molecule has 4 heteroatoms.